The molecule has 0 aromatic carbocycles. The standard InChI is InChI=1S/C11H19NO3S3/c1-3-4-17-18-5-8(2)10(13)12-7-16-6-9(12)11(14)15/h8-9H,3-7H2,1-2H3,(H,14,15)/t8-,9+/m1/s1. The minimum Gasteiger partial charge on any atom is -0.480 e. The van der Waals surface area contributed by atoms with Crippen LogP contribution in [0.1, 0.15) is 20.3 Å². The summed E-state index contributed by atoms with van der Waals surface area (Å²) in [7, 11) is 3.47. The number of rotatable bonds is 7. The molecule has 7 heteroatoms. The first-order chi connectivity index (χ1) is 8.57. The summed E-state index contributed by atoms with van der Waals surface area (Å²) >= 11 is 1.51. The summed E-state index contributed by atoms with van der Waals surface area (Å²) in [5.74, 6) is 1.81. The lowest BCUT2D eigenvalue weighted by molar-refractivity contribution is -0.148. The van der Waals surface area contributed by atoms with E-state index in [1.54, 1.807) is 21.6 Å². The molecule has 104 valence electrons. The van der Waals surface area contributed by atoms with Crippen LogP contribution in [-0.4, -0.2) is 51.1 Å². The summed E-state index contributed by atoms with van der Waals surface area (Å²) in [6, 6.07) is -0.641. The fourth-order valence-electron chi connectivity index (χ4n) is 1.51. The lowest BCUT2D eigenvalue weighted by atomic mass is 10.1. The van der Waals surface area contributed by atoms with E-state index in [9.17, 15) is 9.59 Å². The molecule has 0 saturated carbocycles. The Hall–Kier alpha value is -0.0100. The van der Waals surface area contributed by atoms with Gasteiger partial charge in [-0.3, -0.25) is 4.79 Å². The molecule has 0 aromatic rings. The number of aliphatic carboxylic acids is 1. The highest BCUT2D eigenvalue weighted by Gasteiger charge is 2.36. The maximum Gasteiger partial charge on any atom is 0.327 e. The maximum atomic E-state index is 12.2. The van der Waals surface area contributed by atoms with Crippen molar-refractivity contribution in [1.82, 2.24) is 4.90 Å². The first-order valence-corrected chi connectivity index (χ1v) is 9.57. The first-order valence-electron chi connectivity index (χ1n) is 5.93. The Morgan fingerprint density at radius 1 is 1.50 bits per heavy atom. The zero-order chi connectivity index (χ0) is 13.5. The van der Waals surface area contributed by atoms with E-state index in [1.807, 2.05) is 6.92 Å². The topological polar surface area (TPSA) is 57.6 Å². The number of hydrogen-bond donors (Lipinski definition) is 1. The largest absolute Gasteiger partial charge is 0.480 e. The van der Waals surface area contributed by atoms with E-state index >= 15 is 0 Å². The maximum absolute atomic E-state index is 12.2. The van der Waals surface area contributed by atoms with Gasteiger partial charge in [0.05, 0.1) is 5.88 Å². The number of carbonyl (C=O) groups excluding carboxylic acids is 1. The first kappa shape index (κ1) is 16.0. The van der Waals surface area contributed by atoms with Gasteiger partial charge in [0.1, 0.15) is 6.04 Å². The minimum absolute atomic E-state index is 0.0306. The van der Waals surface area contributed by atoms with Crippen molar-refractivity contribution in [1.29, 1.82) is 0 Å². The number of thioether (sulfide) groups is 1. The van der Waals surface area contributed by atoms with E-state index in [-0.39, 0.29) is 11.8 Å². The number of carboxylic acids is 1. The molecule has 0 bridgehead atoms. The third kappa shape index (κ3) is 4.59. The molecule has 0 spiro atoms. The molecule has 0 unspecified atom stereocenters. The van der Waals surface area contributed by atoms with Crippen LogP contribution in [-0.2, 0) is 9.59 Å². The average Bonchev–Trinajstić information content (AvgIpc) is 2.82. The highest BCUT2D eigenvalue weighted by molar-refractivity contribution is 8.76. The fourth-order valence-corrected chi connectivity index (χ4v) is 5.15. The molecular weight excluding hydrogens is 290 g/mol. The summed E-state index contributed by atoms with van der Waals surface area (Å²) in [5, 5.41) is 9.04. The zero-order valence-electron chi connectivity index (χ0n) is 10.6. The SMILES string of the molecule is CCCSSC[C@@H](C)C(=O)N1CSC[C@H]1C(=O)O. The van der Waals surface area contributed by atoms with Crippen molar-refractivity contribution >= 4 is 45.2 Å². The van der Waals surface area contributed by atoms with Crippen LogP contribution in [0.5, 0.6) is 0 Å². The summed E-state index contributed by atoms with van der Waals surface area (Å²) in [6.45, 7) is 4.00. The van der Waals surface area contributed by atoms with Gasteiger partial charge in [0.2, 0.25) is 5.91 Å². The molecule has 0 radical (unpaired) electrons. The average molecular weight is 309 g/mol. The monoisotopic (exact) mass is 309 g/mol. The Balaban J connectivity index is 2.40. The Bertz CT molecular complexity index is 301. The molecule has 1 heterocycles. The Labute approximate surface area is 120 Å². The Morgan fingerprint density at radius 3 is 2.83 bits per heavy atom. The van der Waals surface area contributed by atoms with Crippen molar-refractivity contribution in [3.63, 3.8) is 0 Å². The predicted octanol–water partition coefficient (Wildman–Crippen LogP) is 2.40. The van der Waals surface area contributed by atoms with E-state index < -0.39 is 12.0 Å². The van der Waals surface area contributed by atoms with Crippen LogP contribution in [0.3, 0.4) is 0 Å². The van der Waals surface area contributed by atoms with Crippen molar-refractivity contribution < 1.29 is 14.7 Å². The number of carbonyl (C=O) groups is 2. The second-order valence-corrected chi connectivity index (χ2v) is 7.80. The number of carboxylic acid groups (broad SMARTS) is 1. The van der Waals surface area contributed by atoms with Gasteiger partial charge < -0.3 is 10.0 Å². The molecule has 2 atom stereocenters. The van der Waals surface area contributed by atoms with Crippen LogP contribution < -0.4 is 0 Å². The van der Waals surface area contributed by atoms with Crippen molar-refractivity contribution in [2.24, 2.45) is 5.92 Å². The molecule has 1 fully saturated rings. The predicted molar refractivity (Wildman–Crippen MR) is 80.0 cm³/mol. The van der Waals surface area contributed by atoms with Crippen molar-refractivity contribution in [2.45, 2.75) is 26.3 Å². The lowest BCUT2D eigenvalue weighted by Gasteiger charge is -2.23. The van der Waals surface area contributed by atoms with E-state index in [4.69, 9.17) is 5.11 Å². The molecule has 0 aliphatic carbocycles. The molecule has 4 nitrogen and oxygen atoms in total. The van der Waals surface area contributed by atoms with Crippen molar-refractivity contribution in [2.75, 3.05) is 23.1 Å². The molecule has 1 N–H and O–H groups in total. The molecule has 18 heavy (non-hydrogen) atoms. The van der Waals surface area contributed by atoms with Gasteiger partial charge in [0.25, 0.3) is 0 Å². The van der Waals surface area contributed by atoms with E-state index in [0.29, 0.717) is 11.6 Å². The van der Waals surface area contributed by atoms with Gasteiger partial charge >= 0.3 is 5.97 Å². The van der Waals surface area contributed by atoms with Crippen molar-refractivity contribution in [3.8, 4) is 0 Å². The number of amides is 1. The molecule has 1 rings (SSSR count). The van der Waals surface area contributed by atoms with Crippen LogP contribution in [0.2, 0.25) is 0 Å². The minimum atomic E-state index is -0.895. The molecule has 1 amide bonds. The fraction of sp³-hybridized carbons (Fsp3) is 0.818. The molecule has 1 aliphatic heterocycles. The summed E-state index contributed by atoms with van der Waals surface area (Å²) in [6.07, 6.45) is 1.13. The summed E-state index contributed by atoms with van der Waals surface area (Å²) in [5.41, 5.74) is 0. The van der Waals surface area contributed by atoms with E-state index in [1.165, 1.54) is 16.7 Å². The van der Waals surface area contributed by atoms with Crippen molar-refractivity contribution in [3.05, 3.63) is 0 Å². The normalized spacial score (nSPS) is 21.0. The van der Waals surface area contributed by atoms with Gasteiger partial charge in [0.15, 0.2) is 0 Å². The number of nitrogens with zero attached hydrogens (tertiary/aromatic N) is 1. The second-order valence-electron chi connectivity index (χ2n) is 4.17. The quantitative estimate of drug-likeness (QED) is 0.576. The highest BCUT2D eigenvalue weighted by Crippen LogP contribution is 2.28. The molecule has 1 aliphatic rings. The molecular formula is C11H19NO3S3. The summed E-state index contributed by atoms with van der Waals surface area (Å²) in [4.78, 5) is 24.7. The third-order valence-electron chi connectivity index (χ3n) is 2.56. The summed E-state index contributed by atoms with van der Waals surface area (Å²) < 4.78 is 0. The lowest BCUT2D eigenvalue weighted by Crippen LogP contribution is -2.44. The molecule has 1 saturated heterocycles. The smallest absolute Gasteiger partial charge is 0.327 e. The van der Waals surface area contributed by atoms with E-state index in [0.717, 1.165) is 17.9 Å². The van der Waals surface area contributed by atoms with Crippen LogP contribution in [0.4, 0.5) is 0 Å². The van der Waals surface area contributed by atoms with Gasteiger partial charge in [-0.1, -0.05) is 35.4 Å². The van der Waals surface area contributed by atoms with Gasteiger partial charge in [-0.05, 0) is 6.42 Å². The van der Waals surface area contributed by atoms with Gasteiger partial charge in [-0.15, -0.1) is 11.8 Å². The van der Waals surface area contributed by atoms with Gasteiger partial charge in [-0.2, -0.15) is 0 Å². The second kappa shape index (κ2) is 8.22. The van der Waals surface area contributed by atoms with Gasteiger partial charge in [0, 0.05) is 23.2 Å². The van der Waals surface area contributed by atoms with Gasteiger partial charge in [-0.25, -0.2) is 4.79 Å². The Morgan fingerprint density at radius 2 is 2.22 bits per heavy atom. The van der Waals surface area contributed by atoms with Crippen LogP contribution in [0.25, 0.3) is 0 Å². The van der Waals surface area contributed by atoms with Crippen LogP contribution >= 0.6 is 33.3 Å². The number of hydrogen-bond acceptors (Lipinski definition) is 5. The molecule has 0 aromatic heterocycles. The van der Waals surface area contributed by atoms with Crippen LogP contribution in [0, 0.1) is 5.92 Å². The zero-order valence-corrected chi connectivity index (χ0v) is 13.1. The highest BCUT2D eigenvalue weighted by atomic mass is 33.1. The van der Waals surface area contributed by atoms with E-state index in [2.05, 4.69) is 6.92 Å². The Kier molecular flexibility index (Phi) is 7.33. The van der Waals surface area contributed by atoms with Crippen LogP contribution in [0.15, 0.2) is 0 Å². The third-order valence-corrected chi connectivity index (χ3v) is 6.36.